The number of amides is 2. The number of methoxy groups -OCH3 is 1. The minimum absolute atomic E-state index is 0.0521. The lowest BCUT2D eigenvalue weighted by Gasteiger charge is -2.32. The standard InChI is InChI=1S/C18H26N2O4/c1-23-11-12-24-14-17(21)19-16-7-9-20(10-8-16)18(22)13-15-5-3-2-4-6-15/h2-6,16H,7-14H2,1H3,(H,19,21). The van der Waals surface area contributed by atoms with E-state index in [1.165, 1.54) is 0 Å². The van der Waals surface area contributed by atoms with Crippen molar-refractivity contribution in [1.29, 1.82) is 0 Å². The van der Waals surface area contributed by atoms with Crippen LogP contribution in [0.1, 0.15) is 18.4 Å². The molecule has 1 aliphatic heterocycles. The van der Waals surface area contributed by atoms with E-state index in [9.17, 15) is 9.59 Å². The second-order valence-electron chi connectivity index (χ2n) is 5.93. The third-order valence-electron chi connectivity index (χ3n) is 4.08. The van der Waals surface area contributed by atoms with Crippen LogP contribution in [0.2, 0.25) is 0 Å². The van der Waals surface area contributed by atoms with Gasteiger partial charge in [0.2, 0.25) is 11.8 Å². The third kappa shape index (κ3) is 6.29. The Morgan fingerprint density at radius 2 is 1.88 bits per heavy atom. The van der Waals surface area contributed by atoms with Gasteiger partial charge < -0.3 is 19.7 Å². The van der Waals surface area contributed by atoms with Gasteiger partial charge in [-0.15, -0.1) is 0 Å². The highest BCUT2D eigenvalue weighted by atomic mass is 16.5. The Morgan fingerprint density at radius 1 is 1.17 bits per heavy atom. The molecule has 1 N–H and O–H groups in total. The predicted octanol–water partition coefficient (Wildman–Crippen LogP) is 0.999. The topological polar surface area (TPSA) is 67.9 Å². The molecule has 132 valence electrons. The number of rotatable bonds is 8. The fourth-order valence-corrected chi connectivity index (χ4v) is 2.73. The highest BCUT2D eigenvalue weighted by Gasteiger charge is 2.23. The first-order chi connectivity index (χ1) is 11.7. The SMILES string of the molecule is COCCOCC(=O)NC1CCN(C(=O)Cc2ccccc2)CC1. The number of carbonyl (C=O) groups is 2. The van der Waals surface area contributed by atoms with Gasteiger partial charge >= 0.3 is 0 Å². The van der Waals surface area contributed by atoms with Crippen LogP contribution in [0, 0.1) is 0 Å². The van der Waals surface area contributed by atoms with Crippen molar-refractivity contribution in [2.24, 2.45) is 0 Å². The minimum Gasteiger partial charge on any atom is -0.382 e. The molecule has 0 radical (unpaired) electrons. The lowest BCUT2D eigenvalue weighted by Crippen LogP contribution is -2.47. The Bertz CT molecular complexity index is 513. The lowest BCUT2D eigenvalue weighted by molar-refractivity contribution is -0.132. The van der Waals surface area contributed by atoms with E-state index in [0.29, 0.717) is 32.7 Å². The average Bonchev–Trinajstić information content (AvgIpc) is 2.60. The Balaban J connectivity index is 1.65. The van der Waals surface area contributed by atoms with Crippen molar-refractivity contribution >= 4 is 11.8 Å². The summed E-state index contributed by atoms with van der Waals surface area (Å²) in [5.41, 5.74) is 1.03. The van der Waals surface area contributed by atoms with E-state index in [2.05, 4.69) is 5.32 Å². The normalized spacial score (nSPS) is 15.3. The molecule has 2 amide bonds. The number of ether oxygens (including phenoxy) is 2. The largest absolute Gasteiger partial charge is 0.382 e. The number of nitrogens with zero attached hydrogens (tertiary/aromatic N) is 1. The van der Waals surface area contributed by atoms with Crippen LogP contribution < -0.4 is 5.32 Å². The summed E-state index contributed by atoms with van der Waals surface area (Å²) in [6.07, 6.45) is 2.00. The summed E-state index contributed by atoms with van der Waals surface area (Å²) in [7, 11) is 1.59. The first-order valence-electron chi connectivity index (χ1n) is 8.37. The van der Waals surface area contributed by atoms with Crippen LogP contribution in [-0.2, 0) is 25.5 Å². The molecule has 1 aromatic rings. The zero-order valence-electron chi connectivity index (χ0n) is 14.2. The summed E-state index contributed by atoms with van der Waals surface area (Å²) in [5.74, 6) is 0.0361. The van der Waals surface area contributed by atoms with Gasteiger partial charge in [0.15, 0.2) is 0 Å². The van der Waals surface area contributed by atoms with Gasteiger partial charge in [0, 0.05) is 26.2 Å². The summed E-state index contributed by atoms with van der Waals surface area (Å²) < 4.78 is 10.1. The molecule has 0 aromatic heterocycles. The van der Waals surface area contributed by atoms with E-state index in [4.69, 9.17) is 9.47 Å². The molecule has 0 atom stereocenters. The zero-order chi connectivity index (χ0) is 17.2. The lowest BCUT2D eigenvalue weighted by atomic mass is 10.0. The molecular weight excluding hydrogens is 308 g/mol. The molecule has 6 heteroatoms. The highest BCUT2D eigenvalue weighted by molar-refractivity contribution is 5.79. The molecule has 0 saturated carbocycles. The number of benzene rings is 1. The average molecular weight is 334 g/mol. The van der Waals surface area contributed by atoms with Crippen LogP contribution in [-0.4, -0.2) is 62.8 Å². The molecule has 0 bridgehead atoms. The predicted molar refractivity (Wildman–Crippen MR) is 90.6 cm³/mol. The van der Waals surface area contributed by atoms with E-state index in [1.807, 2.05) is 35.2 Å². The van der Waals surface area contributed by atoms with E-state index in [1.54, 1.807) is 7.11 Å². The Labute approximate surface area is 143 Å². The summed E-state index contributed by atoms with van der Waals surface area (Å²) in [6, 6.07) is 9.88. The molecule has 1 fully saturated rings. The van der Waals surface area contributed by atoms with Crippen molar-refractivity contribution < 1.29 is 19.1 Å². The molecule has 0 unspecified atom stereocenters. The number of nitrogens with one attached hydrogen (secondary N) is 1. The van der Waals surface area contributed by atoms with E-state index in [-0.39, 0.29) is 24.5 Å². The Kier molecular flexibility index (Phi) is 7.71. The van der Waals surface area contributed by atoms with E-state index >= 15 is 0 Å². The quantitative estimate of drug-likeness (QED) is 0.720. The Morgan fingerprint density at radius 3 is 2.54 bits per heavy atom. The second kappa shape index (κ2) is 10.1. The van der Waals surface area contributed by atoms with Gasteiger partial charge in [-0.25, -0.2) is 0 Å². The molecule has 6 nitrogen and oxygen atoms in total. The van der Waals surface area contributed by atoms with Crippen molar-refractivity contribution in [2.75, 3.05) is 40.0 Å². The van der Waals surface area contributed by atoms with Gasteiger partial charge in [-0.3, -0.25) is 9.59 Å². The number of likely N-dealkylation sites (tertiary alicyclic amines) is 1. The monoisotopic (exact) mass is 334 g/mol. The number of carbonyl (C=O) groups excluding carboxylic acids is 2. The summed E-state index contributed by atoms with van der Waals surface area (Å²) in [6.45, 7) is 2.31. The van der Waals surface area contributed by atoms with Crippen LogP contribution in [0.25, 0.3) is 0 Å². The number of piperidine rings is 1. The molecule has 0 aliphatic carbocycles. The maximum Gasteiger partial charge on any atom is 0.246 e. The summed E-state index contributed by atoms with van der Waals surface area (Å²) in [4.78, 5) is 26.0. The molecule has 24 heavy (non-hydrogen) atoms. The van der Waals surface area contributed by atoms with E-state index in [0.717, 1.165) is 18.4 Å². The highest BCUT2D eigenvalue weighted by Crippen LogP contribution is 2.12. The van der Waals surface area contributed by atoms with Crippen LogP contribution in [0.5, 0.6) is 0 Å². The minimum atomic E-state index is -0.111. The van der Waals surface area contributed by atoms with Crippen molar-refractivity contribution in [3.05, 3.63) is 35.9 Å². The maximum absolute atomic E-state index is 12.3. The molecular formula is C18H26N2O4. The fourth-order valence-electron chi connectivity index (χ4n) is 2.73. The van der Waals surface area contributed by atoms with Crippen LogP contribution >= 0.6 is 0 Å². The first-order valence-corrected chi connectivity index (χ1v) is 8.37. The molecule has 1 aromatic carbocycles. The van der Waals surface area contributed by atoms with Crippen molar-refractivity contribution in [3.8, 4) is 0 Å². The molecule has 1 saturated heterocycles. The molecule has 2 rings (SSSR count). The van der Waals surface area contributed by atoms with Crippen LogP contribution in [0.3, 0.4) is 0 Å². The smallest absolute Gasteiger partial charge is 0.246 e. The number of hydrogen-bond acceptors (Lipinski definition) is 4. The second-order valence-corrected chi connectivity index (χ2v) is 5.93. The molecule has 1 aliphatic rings. The third-order valence-corrected chi connectivity index (χ3v) is 4.08. The van der Waals surface area contributed by atoms with Gasteiger partial charge in [-0.2, -0.15) is 0 Å². The fraction of sp³-hybridized carbons (Fsp3) is 0.556. The maximum atomic E-state index is 12.3. The number of hydrogen-bond donors (Lipinski definition) is 1. The van der Waals surface area contributed by atoms with Gasteiger partial charge in [-0.05, 0) is 18.4 Å². The molecule has 0 spiro atoms. The van der Waals surface area contributed by atoms with Crippen molar-refractivity contribution in [2.45, 2.75) is 25.3 Å². The van der Waals surface area contributed by atoms with Gasteiger partial charge in [0.05, 0.1) is 19.6 Å². The van der Waals surface area contributed by atoms with Crippen molar-refractivity contribution in [3.63, 3.8) is 0 Å². The van der Waals surface area contributed by atoms with Crippen LogP contribution in [0.4, 0.5) is 0 Å². The van der Waals surface area contributed by atoms with E-state index < -0.39 is 0 Å². The first kappa shape index (κ1) is 18.4. The Hall–Kier alpha value is -1.92. The van der Waals surface area contributed by atoms with Gasteiger partial charge in [-0.1, -0.05) is 30.3 Å². The summed E-state index contributed by atoms with van der Waals surface area (Å²) in [5, 5.41) is 2.96. The molecule has 1 heterocycles. The van der Waals surface area contributed by atoms with Gasteiger partial charge in [0.25, 0.3) is 0 Å². The van der Waals surface area contributed by atoms with Gasteiger partial charge in [0.1, 0.15) is 6.61 Å². The zero-order valence-corrected chi connectivity index (χ0v) is 14.2. The summed E-state index contributed by atoms with van der Waals surface area (Å²) >= 11 is 0. The van der Waals surface area contributed by atoms with Crippen molar-refractivity contribution in [1.82, 2.24) is 10.2 Å². The van der Waals surface area contributed by atoms with Crippen LogP contribution in [0.15, 0.2) is 30.3 Å².